The number of urea groups is 1. The quantitative estimate of drug-likeness (QED) is 0.496. The van der Waals surface area contributed by atoms with Gasteiger partial charge in [0.05, 0.1) is 12.8 Å². The summed E-state index contributed by atoms with van der Waals surface area (Å²) in [6.45, 7) is 0. The average molecular weight is 430 g/mol. The van der Waals surface area contributed by atoms with E-state index in [-0.39, 0.29) is 5.57 Å². The molecule has 8 nitrogen and oxygen atoms in total. The van der Waals surface area contributed by atoms with Crippen molar-refractivity contribution in [2.24, 2.45) is 0 Å². The Kier molecular flexibility index (Phi) is 5.51. The Bertz CT molecular complexity index is 1210. The van der Waals surface area contributed by atoms with Crippen molar-refractivity contribution >= 4 is 35.3 Å². The van der Waals surface area contributed by atoms with E-state index in [0.717, 1.165) is 16.3 Å². The molecule has 1 saturated heterocycles. The van der Waals surface area contributed by atoms with Crippen LogP contribution in [0.15, 0.2) is 72.4 Å². The number of carbonyl (C=O) groups excluding carboxylic acids is 3. The molecule has 1 aromatic heterocycles. The highest BCUT2D eigenvalue weighted by atomic mass is 16.5. The molecule has 32 heavy (non-hydrogen) atoms. The molecule has 0 aliphatic carbocycles. The smallest absolute Gasteiger partial charge is 0.335 e. The number of nitrogens with one attached hydrogen (secondary N) is 1. The zero-order valence-electron chi connectivity index (χ0n) is 17.9. The molecule has 1 N–H and O–H groups in total. The van der Waals surface area contributed by atoms with Crippen molar-refractivity contribution in [2.75, 3.05) is 31.0 Å². The van der Waals surface area contributed by atoms with Gasteiger partial charge in [-0.3, -0.25) is 14.9 Å². The third kappa shape index (κ3) is 3.85. The van der Waals surface area contributed by atoms with E-state index in [2.05, 4.69) is 5.32 Å². The van der Waals surface area contributed by atoms with Crippen LogP contribution in [0.3, 0.4) is 0 Å². The summed E-state index contributed by atoms with van der Waals surface area (Å²) in [5.41, 5.74) is 2.76. The van der Waals surface area contributed by atoms with Gasteiger partial charge in [0, 0.05) is 37.4 Å². The van der Waals surface area contributed by atoms with Crippen LogP contribution >= 0.6 is 0 Å². The van der Waals surface area contributed by atoms with Crippen LogP contribution in [0.25, 0.3) is 11.8 Å². The maximum Gasteiger partial charge on any atom is 0.335 e. The van der Waals surface area contributed by atoms with Gasteiger partial charge in [0.1, 0.15) is 11.3 Å². The summed E-state index contributed by atoms with van der Waals surface area (Å²) < 4.78 is 6.98. The Labute approximate surface area is 185 Å². The fourth-order valence-electron chi connectivity index (χ4n) is 3.43. The fraction of sp³-hybridized carbons (Fsp3) is 0.125. The number of amides is 4. The SMILES string of the molecule is COc1ccc(N2C(=O)NC(=O)/C(=C\c3cccn3-c3ccc(N(C)C)cc3)C2=O)cc1. The molecule has 0 saturated carbocycles. The molecule has 1 aliphatic heterocycles. The van der Waals surface area contributed by atoms with Crippen molar-refractivity contribution in [3.05, 3.63) is 78.1 Å². The highest BCUT2D eigenvalue weighted by Crippen LogP contribution is 2.25. The number of anilines is 2. The van der Waals surface area contributed by atoms with E-state index in [1.165, 1.54) is 13.2 Å². The van der Waals surface area contributed by atoms with Gasteiger partial charge in [0.2, 0.25) is 0 Å². The van der Waals surface area contributed by atoms with Gasteiger partial charge in [-0.15, -0.1) is 0 Å². The minimum Gasteiger partial charge on any atom is -0.497 e. The second-order valence-corrected chi connectivity index (χ2v) is 7.37. The lowest BCUT2D eigenvalue weighted by Crippen LogP contribution is -2.54. The standard InChI is InChI=1S/C24H22N4O4/c1-26(2)16-6-8-17(9-7-16)27-14-4-5-19(27)15-21-22(29)25-24(31)28(23(21)30)18-10-12-20(32-3)13-11-18/h4-15H,1-3H3,(H,25,29,31)/b21-15+. The van der Waals surface area contributed by atoms with Crippen molar-refractivity contribution in [1.29, 1.82) is 0 Å². The maximum atomic E-state index is 13.1. The molecule has 0 unspecified atom stereocenters. The lowest BCUT2D eigenvalue weighted by atomic mass is 10.1. The molecular formula is C24H22N4O4. The molecule has 0 radical (unpaired) electrons. The summed E-state index contributed by atoms with van der Waals surface area (Å²) in [6.07, 6.45) is 3.33. The Morgan fingerprint density at radius 3 is 2.19 bits per heavy atom. The lowest BCUT2D eigenvalue weighted by Gasteiger charge is -2.26. The normalized spacial score (nSPS) is 15.2. The molecule has 3 aromatic rings. The largest absolute Gasteiger partial charge is 0.497 e. The minimum absolute atomic E-state index is 0.134. The summed E-state index contributed by atoms with van der Waals surface area (Å²) in [5.74, 6) is -0.844. The molecule has 0 atom stereocenters. The number of hydrogen-bond acceptors (Lipinski definition) is 5. The van der Waals surface area contributed by atoms with Crippen LogP contribution in [-0.2, 0) is 9.59 Å². The number of benzene rings is 2. The number of hydrogen-bond donors (Lipinski definition) is 1. The first-order chi connectivity index (χ1) is 15.4. The third-order valence-electron chi connectivity index (χ3n) is 5.15. The Morgan fingerprint density at radius 2 is 1.56 bits per heavy atom. The van der Waals surface area contributed by atoms with E-state index in [9.17, 15) is 14.4 Å². The van der Waals surface area contributed by atoms with E-state index < -0.39 is 17.8 Å². The van der Waals surface area contributed by atoms with Crippen LogP contribution < -0.4 is 19.9 Å². The van der Waals surface area contributed by atoms with Gasteiger partial charge in [-0.25, -0.2) is 9.69 Å². The third-order valence-corrected chi connectivity index (χ3v) is 5.15. The zero-order chi connectivity index (χ0) is 22.8. The topological polar surface area (TPSA) is 83.9 Å². The Balaban J connectivity index is 1.69. The van der Waals surface area contributed by atoms with Gasteiger partial charge in [-0.2, -0.15) is 0 Å². The lowest BCUT2D eigenvalue weighted by molar-refractivity contribution is -0.122. The number of nitrogens with zero attached hydrogens (tertiary/aromatic N) is 3. The summed E-state index contributed by atoms with van der Waals surface area (Å²) in [7, 11) is 5.45. The first kappa shape index (κ1) is 20.9. The molecule has 1 aliphatic rings. The van der Waals surface area contributed by atoms with Crippen LogP contribution in [0.2, 0.25) is 0 Å². The molecule has 0 spiro atoms. The Morgan fingerprint density at radius 1 is 0.906 bits per heavy atom. The number of methoxy groups -OCH3 is 1. The van der Waals surface area contributed by atoms with Crippen LogP contribution in [0.4, 0.5) is 16.2 Å². The number of carbonyl (C=O) groups is 3. The molecule has 4 amide bonds. The van der Waals surface area contributed by atoms with Crippen LogP contribution in [0.1, 0.15) is 5.69 Å². The number of aromatic nitrogens is 1. The van der Waals surface area contributed by atoms with Crippen molar-refractivity contribution in [1.82, 2.24) is 9.88 Å². The number of rotatable bonds is 5. The number of barbiturate groups is 1. The van der Waals surface area contributed by atoms with E-state index >= 15 is 0 Å². The van der Waals surface area contributed by atoms with Gasteiger partial charge in [-0.05, 0) is 66.7 Å². The highest BCUT2D eigenvalue weighted by molar-refractivity contribution is 6.39. The fourth-order valence-corrected chi connectivity index (χ4v) is 3.43. The average Bonchev–Trinajstić information content (AvgIpc) is 3.25. The molecule has 0 bridgehead atoms. The molecular weight excluding hydrogens is 408 g/mol. The maximum absolute atomic E-state index is 13.1. The van der Waals surface area contributed by atoms with E-state index in [1.54, 1.807) is 30.3 Å². The predicted octanol–water partition coefficient (Wildman–Crippen LogP) is 3.22. The molecule has 8 heteroatoms. The first-order valence-electron chi connectivity index (χ1n) is 9.89. The molecule has 162 valence electrons. The van der Waals surface area contributed by atoms with Crippen LogP contribution in [0, 0.1) is 0 Å². The second kappa shape index (κ2) is 8.43. The van der Waals surface area contributed by atoms with Crippen molar-refractivity contribution in [3.63, 3.8) is 0 Å². The van der Waals surface area contributed by atoms with Crippen molar-refractivity contribution < 1.29 is 19.1 Å². The predicted molar refractivity (Wildman–Crippen MR) is 122 cm³/mol. The summed E-state index contributed by atoms with van der Waals surface area (Å²) in [4.78, 5) is 41.0. The summed E-state index contributed by atoms with van der Waals surface area (Å²) >= 11 is 0. The Hall–Kier alpha value is -4.33. The summed E-state index contributed by atoms with van der Waals surface area (Å²) in [5, 5.41) is 2.24. The molecule has 2 aromatic carbocycles. The van der Waals surface area contributed by atoms with Gasteiger partial charge in [0.25, 0.3) is 11.8 Å². The second-order valence-electron chi connectivity index (χ2n) is 7.37. The van der Waals surface area contributed by atoms with Gasteiger partial charge in [-0.1, -0.05) is 0 Å². The van der Waals surface area contributed by atoms with Gasteiger partial charge < -0.3 is 14.2 Å². The van der Waals surface area contributed by atoms with E-state index in [4.69, 9.17) is 4.74 Å². The van der Waals surface area contributed by atoms with Crippen molar-refractivity contribution in [2.45, 2.75) is 0 Å². The van der Waals surface area contributed by atoms with E-state index in [1.807, 2.05) is 60.1 Å². The molecule has 2 heterocycles. The monoisotopic (exact) mass is 430 g/mol. The number of ether oxygens (including phenoxy) is 1. The van der Waals surface area contributed by atoms with Crippen LogP contribution in [-0.4, -0.2) is 43.6 Å². The highest BCUT2D eigenvalue weighted by Gasteiger charge is 2.37. The zero-order valence-corrected chi connectivity index (χ0v) is 17.9. The molecule has 4 rings (SSSR count). The molecule has 1 fully saturated rings. The van der Waals surface area contributed by atoms with Gasteiger partial charge in [0.15, 0.2) is 0 Å². The van der Waals surface area contributed by atoms with Crippen LogP contribution in [0.5, 0.6) is 5.75 Å². The minimum atomic E-state index is -0.794. The first-order valence-corrected chi connectivity index (χ1v) is 9.89. The summed E-state index contributed by atoms with van der Waals surface area (Å²) in [6, 6.07) is 17.1. The van der Waals surface area contributed by atoms with Crippen molar-refractivity contribution in [3.8, 4) is 11.4 Å². The number of imide groups is 2. The van der Waals surface area contributed by atoms with Gasteiger partial charge >= 0.3 is 6.03 Å². The van der Waals surface area contributed by atoms with E-state index in [0.29, 0.717) is 17.1 Å².